The molecule has 7 heteroatoms. The van der Waals surface area contributed by atoms with E-state index in [0.717, 1.165) is 5.75 Å². The monoisotopic (exact) mass is 310 g/mol. The van der Waals surface area contributed by atoms with Crippen molar-refractivity contribution in [1.29, 1.82) is 0 Å². The van der Waals surface area contributed by atoms with Gasteiger partial charge in [0.15, 0.2) is 5.75 Å². The number of benzene rings is 1. The average Bonchev–Trinajstić information content (AvgIpc) is 2.50. The minimum absolute atomic E-state index is 0.0580. The van der Waals surface area contributed by atoms with Crippen LogP contribution in [0.15, 0.2) is 18.2 Å². The van der Waals surface area contributed by atoms with Crippen LogP contribution in [0.3, 0.4) is 0 Å². The summed E-state index contributed by atoms with van der Waals surface area (Å²) in [7, 11) is 0. The standard InChI is InChI=1S/C14H18N2O4S/c1-21-8-5-10(15)13(17)16-6-7-20-12-9(14(18)19)3-2-4-11(12)16/h2-4,10H,5-8,15H2,1H3,(H,18,19)/t10-/m1/s1. The van der Waals surface area contributed by atoms with Crippen LogP contribution in [0.1, 0.15) is 16.8 Å². The van der Waals surface area contributed by atoms with Gasteiger partial charge in [-0.05, 0) is 30.6 Å². The summed E-state index contributed by atoms with van der Waals surface area (Å²) in [5.74, 6) is -0.232. The zero-order chi connectivity index (χ0) is 15.4. The van der Waals surface area contributed by atoms with Crippen LogP contribution in [0, 0.1) is 0 Å². The first-order chi connectivity index (χ1) is 10.1. The minimum atomic E-state index is -1.08. The summed E-state index contributed by atoms with van der Waals surface area (Å²) in [4.78, 5) is 25.2. The van der Waals surface area contributed by atoms with E-state index >= 15 is 0 Å². The van der Waals surface area contributed by atoms with E-state index in [1.165, 1.54) is 11.0 Å². The third-order valence-electron chi connectivity index (χ3n) is 3.29. The molecule has 1 aromatic rings. The molecule has 1 atom stereocenters. The fourth-order valence-corrected chi connectivity index (χ4v) is 2.70. The summed E-state index contributed by atoms with van der Waals surface area (Å²) >= 11 is 1.63. The molecule has 114 valence electrons. The smallest absolute Gasteiger partial charge is 0.339 e. The Hall–Kier alpha value is -1.73. The number of amides is 1. The van der Waals surface area contributed by atoms with Gasteiger partial charge in [-0.3, -0.25) is 4.79 Å². The molecular formula is C14H18N2O4S. The predicted molar refractivity (Wildman–Crippen MR) is 82.2 cm³/mol. The van der Waals surface area contributed by atoms with E-state index in [9.17, 15) is 14.7 Å². The van der Waals surface area contributed by atoms with Crippen molar-refractivity contribution in [3.63, 3.8) is 0 Å². The number of carbonyl (C=O) groups excluding carboxylic acids is 1. The van der Waals surface area contributed by atoms with E-state index in [1.807, 2.05) is 6.26 Å². The summed E-state index contributed by atoms with van der Waals surface area (Å²) in [5, 5.41) is 9.18. The lowest BCUT2D eigenvalue weighted by Crippen LogP contribution is -2.47. The summed E-state index contributed by atoms with van der Waals surface area (Å²) < 4.78 is 5.44. The lowest BCUT2D eigenvalue weighted by Gasteiger charge is -2.32. The summed E-state index contributed by atoms with van der Waals surface area (Å²) in [6.45, 7) is 0.639. The number of carboxylic acid groups (broad SMARTS) is 1. The molecule has 1 heterocycles. The summed E-state index contributed by atoms with van der Waals surface area (Å²) in [6.07, 6.45) is 2.55. The highest BCUT2D eigenvalue weighted by Crippen LogP contribution is 2.35. The predicted octanol–water partition coefficient (Wildman–Crippen LogP) is 1.19. The molecule has 6 nitrogen and oxygen atoms in total. The number of ether oxygens (including phenoxy) is 1. The number of hydrogen-bond donors (Lipinski definition) is 2. The summed E-state index contributed by atoms with van der Waals surface area (Å²) in [6, 6.07) is 4.16. The topological polar surface area (TPSA) is 92.9 Å². The Morgan fingerprint density at radius 3 is 2.95 bits per heavy atom. The molecule has 1 aliphatic rings. The van der Waals surface area contributed by atoms with Crippen LogP contribution in [-0.4, -0.2) is 48.2 Å². The molecule has 21 heavy (non-hydrogen) atoms. The van der Waals surface area contributed by atoms with Crippen molar-refractivity contribution in [1.82, 2.24) is 0 Å². The van der Waals surface area contributed by atoms with E-state index in [-0.39, 0.29) is 23.8 Å². The van der Waals surface area contributed by atoms with Gasteiger partial charge >= 0.3 is 5.97 Å². The Labute approximate surface area is 127 Å². The van der Waals surface area contributed by atoms with E-state index < -0.39 is 12.0 Å². The van der Waals surface area contributed by atoms with Crippen LogP contribution in [0.25, 0.3) is 0 Å². The van der Waals surface area contributed by atoms with Gasteiger partial charge in [-0.15, -0.1) is 0 Å². The molecular weight excluding hydrogens is 292 g/mol. The van der Waals surface area contributed by atoms with Crippen LogP contribution in [0.5, 0.6) is 5.75 Å². The number of nitrogens with zero attached hydrogens (tertiary/aromatic N) is 1. The maximum absolute atomic E-state index is 12.4. The molecule has 3 N–H and O–H groups in total. The van der Waals surface area contributed by atoms with E-state index in [0.29, 0.717) is 18.7 Å². The number of anilines is 1. The lowest BCUT2D eigenvalue weighted by atomic mass is 10.1. The van der Waals surface area contributed by atoms with Crippen molar-refractivity contribution in [3.8, 4) is 5.75 Å². The Bertz CT molecular complexity index is 550. The van der Waals surface area contributed by atoms with Gasteiger partial charge in [-0.1, -0.05) is 6.07 Å². The number of nitrogens with two attached hydrogens (primary N) is 1. The molecule has 0 aliphatic carbocycles. The second-order valence-corrected chi connectivity index (χ2v) is 5.67. The first kappa shape index (κ1) is 15.7. The highest BCUT2D eigenvalue weighted by Gasteiger charge is 2.29. The molecule has 2 rings (SSSR count). The van der Waals surface area contributed by atoms with Crippen molar-refractivity contribution < 1.29 is 19.4 Å². The first-order valence-corrected chi connectivity index (χ1v) is 8.00. The van der Waals surface area contributed by atoms with Crippen LogP contribution < -0.4 is 15.4 Å². The van der Waals surface area contributed by atoms with Gasteiger partial charge in [0.1, 0.15) is 12.2 Å². The van der Waals surface area contributed by atoms with Gasteiger partial charge in [-0.25, -0.2) is 4.79 Å². The molecule has 1 aromatic carbocycles. The normalized spacial score (nSPS) is 15.0. The van der Waals surface area contributed by atoms with Crippen LogP contribution in [0.2, 0.25) is 0 Å². The summed E-state index contributed by atoms with van der Waals surface area (Å²) in [5.41, 5.74) is 6.46. The number of carboxylic acids is 1. The highest BCUT2D eigenvalue weighted by atomic mass is 32.2. The Morgan fingerprint density at radius 2 is 2.29 bits per heavy atom. The Balaban J connectivity index is 2.28. The number of fused-ring (bicyclic) bond motifs is 1. The zero-order valence-corrected chi connectivity index (χ0v) is 12.6. The maximum atomic E-state index is 12.4. The fourth-order valence-electron chi connectivity index (χ4n) is 2.21. The highest BCUT2D eigenvalue weighted by molar-refractivity contribution is 7.98. The maximum Gasteiger partial charge on any atom is 0.339 e. The van der Waals surface area contributed by atoms with Gasteiger partial charge in [0, 0.05) is 0 Å². The molecule has 1 aliphatic heterocycles. The number of rotatable bonds is 5. The van der Waals surface area contributed by atoms with Gasteiger partial charge in [0.2, 0.25) is 5.91 Å². The largest absolute Gasteiger partial charge is 0.489 e. The lowest BCUT2D eigenvalue weighted by molar-refractivity contribution is -0.120. The minimum Gasteiger partial charge on any atom is -0.489 e. The van der Waals surface area contributed by atoms with Crippen molar-refractivity contribution in [2.45, 2.75) is 12.5 Å². The number of thioether (sulfide) groups is 1. The van der Waals surface area contributed by atoms with E-state index in [1.54, 1.807) is 23.9 Å². The molecule has 0 radical (unpaired) electrons. The molecule has 0 fully saturated rings. The van der Waals surface area contributed by atoms with E-state index in [2.05, 4.69) is 0 Å². The Morgan fingerprint density at radius 1 is 1.52 bits per heavy atom. The van der Waals surface area contributed by atoms with Crippen LogP contribution >= 0.6 is 11.8 Å². The average molecular weight is 310 g/mol. The van der Waals surface area contributed by atoms with Crippen LogP contribution in [0.4, 0.5) is 5.69 Å². The molecule has 0 unspecified atom stereocenters. The number of hydrogen-bond acceptors (Lipinski definition) is 5. The molecule has 0 saturated heterocycles. The van der Waals surface area contributed by atoms with E-state index in [4.69, 9.17) is 10.5 Å². The fraction of sp³-hybridized carbons (Fsp3) is 0.429. The molecule has 0 aromatic heterocycles. The number of carbonyl (C=O) groups is 2. The third-order valence-corrected chi connectivity index (χ3v) is 3.94. The van der Waals surface area contributed by atoms with Gasteiger partial charge < -0.3 is 20.5 Å². The molecule has 0 bridgehead atoms. The van der Waals surface area contributed by atoms with Crippen molar-refractivity contribution >= 4 is 29.3 Å². The van der Waals surface area contributed by atoms with Gasteiger partial charge in [0.05, 0.1) is 18.3 Å². The van der Waals surface area contributed by atoms with Gasteiger partial charge in [0.25, 0.3) is 0 Å². The first-order valence-electron chi connectivity index (χ1n) is 6.61. The van der Waals surface area contributed by atoms with Crippen molar-refractivity contribution in [2.75, 3.05) is 30.1 Å². The number of aromatic carboxylic acids is 1. The van der Waals surface area contributed by atoms with Crippen molar-refractivity contribution in [3.05, 3.63) is 23.8 Å². The van der Waals surface area contributed by atoms with Crippen molar-refractivity contribution in [2.24, 2.45) is 5.73 Å². The molecule has 1 amide bonds. The van der Waals surface area contributed by atoms with Gasteiger partial charge in [-0.2, -0.15) is 11.8 Å². The quantitative estimate of drug-likeness (QED) is 0.848. The second kappa shape index (κ2) is 6.82. The number of para-hydroxylation sites is 1. The SMILES string of the molecule is CSCC[C@@H](N)C(=O)N1CCOc2c(C(=O)O)cccc21. The van der Waals surface area contributed by atoms with Crippen LogP contribution in [-0.2, 0) is 4.79 Å². The zero-order valence-electron chi connectivity index (χ0n) is 11.7. The third kappa shape index (κ3) is 3.30. The second-order valence-electron chi connectivity index (χ2n) is 4.69. The Kier molecular flexibility index (Phi) is 5.08. The molecule has 0 spiro atoms. The molecule has 0 saturated carbocycles.